The number of aromatic nitrogens is 3. The molecule has 2 aromatic heterocycles. The molecule has 11 heteroatoms. The van der Waals surface area contributed by atoms with E-state index in [4.69, 9.17) is 0 Å². The first-order chi connectivity index (χ1) is 12.0. The lowest BCUT2D eigenvalue weighted by Gasteiger charge is -2.01. The highest BCUT2D eigenvalue weighted by Gasteiger charge is 2.22. The van der Waals surface area contributed by atoms with Gasteiger partial charge in [-0.15, -0.1) is 10.2 Å². The van der Waals surface area contributed by atoms with Crippen molar-refractivity contribution in [2.24, 2.45) is 0 Å². The molecule has 2 heterocycles. The van der Waals surface area contributed by atoms with Crippen LogP contribution in [0.1, 0.15) is 0 Å². The summed E-state index contributed by atoms with van der Waals surface area (Å²) in [4.78, 5) is 21.8. The van der Waals surface area contributed by atoms with Gasteiger partial charge >= 0.3 is 0 Å². The second kappa shape index (κ2) is 5.79. The van der Waals surface area contributed by atoms with Gasteiger partial charge in [0.1, 0.15) is 0 Å². The number of para-hydroxylation sites is 1. The van der Waals surface area contributed by atoms with Gasteiger partial charge in [0, 0.05) is 6.07 Å². The molecule has 0 aliphatic heterocycles. The Morgan fingerprint density at radius 3 is 2.60 bits per heavy atom. The molecule has 124 valence electrons. The minimum absolute atomic E-state index is 0.264. The molecular formula is C14H7N5O4S2. The first kappa shape index (κ1) is 15.5. The fourth-order valence-corrected chi connectivity index (χ4v) is 4.32. The van der Waals surface area contributed by atoms with Crippen molar-refractivity contribution in [1.82, 2.24) is 14.6 Å². The fraction of sp³-hybridized carbons (Fsp3) is 0. The Kier molecular flexibility index (Phi) is 3.58. The summed E-state index contributed by atoms with van der Waals surface area (Å²) in [5.74, 6) is 0. The number of nitro groups is 2. The minimum Gasteiger partial charge on any atom is -0.260 e. The van der Waals surface area contributed by atoms with Crippen molar-refractivity contribution < 1.29 is 9.85 Å². The average molecular weight is 373 g/mol. The van der Waals surface area contributed by atoms with Crippen molar-refractivity contribution in [3.8, 4) is 0 Å². The Hall–Kier alpha value is -3.05. The molecule has 0 atom stereocenters. The third-order valence-electron chi connectivity index (χ3n) is 3.46. The van der Waals surface area contributed by atoms with E-state index in [1.165, 1.54) is 23.5 Å². The molecule has 2 aromatic carbocycles. The smallest absolute Gasteiger partial charge is 0.260 e. The third-order valence-corrected chi connectivity index (χ3v) is 5.49. The van der Waals surface area contributed by atoms with Crippen LogP contribution in [0.15, 0.2) is 52.5 Å². The molecule has 25 heavy (non-hydrogen) atoms. The first-order valence-electron chi connectivity index (χ1n) is 6.88. The monoisotopic (exact) mass is 373 g/mol. The zero-order valence-corrected chi connectivity index (χ0v) is 13.9. The predicted octanol–water partition coefficient (Wildman–Crippen LogP) is 3.91. The van der Waals surface area contributed by atoms with Gasteiger partial charge in [0.05, 0.1) is 31.0 Å². The van der Waals surface area contributed by atoms with Crippen LogP contribution in [0.5, 0.6) is 0 Å². The summed E-state index contributed by atoms with van der Waals surface area (Å²) in [5, 5.41) is 30.8. The second-order valence-corrected chi connectivity index (χ2v) is 6.96. The average Bonchev–Trinajstić information content (AvgIpc) is 3.14. The van der Waals surface area contributed by atoms with E-state index in [0.29, 0.717) is 10.1 Å². The van der Waals surface area contributed by atoms with Gasteiger partial charge in [0.25, 0.3) is 11.4 Å². The van der Waals surface area contributed by atoms with Crippen LogP contribution in [0.4, 0.5) is 11.4 Å². The van der Waals surface area contributed by atoms with Crippen molar-refractivity contribution in [2.45, 2.75) is 10.1 Å². The van der Waals surface area contributed by atoms with Gasteiger partial charge < -0.3 is 0 Å². The van der Waals surface area contributed by atoms with Crippen LogP contribution < -0.4 is 0 Å². The highest BCUT2D eigenvalue weighted by atomic mass is 32.2. The summed E-state index contributed by atoms with van der Waals surface area (Å²) in [5.41, 5.74) is 0.235. The highest BCUT2D eigenvalue weighted by molar-refractivity contribution is 7.99. The molecule has 4 rings (SSSR count). The molecule has 0 unspecified atom stereocenters. The van der Waals surface area contributed by atoms with Crippen LogP contribution in [0.3, 0.4) is 0 Å². The summed E-state index contributed by atoms with van der Waals surface area (Å²) in [6.07, 6.45) is 0. The number of nitro benzene ring substituents is 2. The van der Waals surface area contributed by atoms with E-state index in [1.807, 2.05) is 28.7 Å². The van der Waals surface area contributed by atoms with E-state index >= 15 is 0 Å². The maximum atomic E-state index is 11.3. The van der Waals surface area contributed by atoms with Gasteiger partial charge in [-0.3, -0.25) is 24.6 Å². The second-order valence-electron chi connectivity index (χ2n) is 4.94. The van der Waals surface area contributed by atoms with Crippen LogP contribution in [0, 0.1) is 20.2 Å². The van der Waals surface area contributed by atoms with Crippen LogP contribution in [0.25, 0.3) is 15.2 Å². The lowest BCUT2D eigenvalue weighted by Crippen LogP contribution is -1.95. The summed E-state index contributed by atoms with van der Waals surface area (Å²) in [6, 6.07) is 11.2. The molecule has 0 N–H and O–H groups in total. The van der Waals surface area contributed by atoms with Gasteiger partial charge in [-0.05, 0) is 30.0 Å². The van der Waals surface area contributed by atoms with E-state index in [9.17, 15) is 20.2 Å². The van der Waals surface area contributed by atoms with Crippen molar-refractivity contribution in [1.29, 1.82) is 0 Å². The maximum absolute atomic E-state index is 11.3. The molecule has 4 aromatic rings. The third kappa shape index (κ3) is 2.58. The highest BCUT2D eigenvalue weighted by Crippen LogP contribution is 2.38. The number of fused-ring (bicyclic) bond motifs is 3. The standard InChI is InChI=1S/C14H7N5O4S2/c20-18(21)8-5-6-12(10(7-8)19(22)23)25-14-16-15-13-17(14)9-3-1-2-4-11(9)24-13/h1-7H. The molecule has 0 saturated carbocycles. The van der Waals surface area contributed by atoms with Crippen LogP contribution >= 0.6 is 23.1 Å². The zero-order valence-electron chi connectivity index (χ0n) is 12.2. The molecule has 0 aliphatic rings. The predicted molar refractivity (Wildman–Crippen MR) is 92.2 cm³/mol. The van der Waals surface area contributed by atoms with E-state index in [0.717, 1.165) is 28.0 Å². The van der Waals surface area contributed by atoms with Crippen molar-refractivity contribution in [3.05, 3.63) is 62.7 Å². The van der Waals surface area contributed by atoms with Gasteiger partial charge in [-0.2, -0.15) is 0 Å². The van der Waals surface area contributed by atoms with E-state index < -0.39 is 9.85 Å². The van der Waals surface area contributed by atoms with E-state index in [2.05, 4.69) is 10.2 Å². The fourth-order valence-electron chi connectivity index (χ4n) is 2.37. The number of non-ortho nitro benzene ring substituents is 1. The Morgan fingerprint density at radius 2 is 1.84 bits per heavy atom. The van der Waals surface area contributed by atoms with Gasteiger partial charge in [0.15, 0.2) is 0 Å². The van der Waals surface area contributed by atoms with E-state index in [-0.39, 0.29) is 16.3 Å². The topological polar surface area (TPSA) is 116 Å². The minimum atomic E-state index is -0.664. The van der Waals surface area contributed by atoms with Gasteiger partial charge in [-0.25, -0.2) is 0 Å². The van der Waals surface area contributed by atoms with Gasteiger partial charge in [-0.1, -0.05) is 23.5 Å². The molecule has 0 saturated heterocycles. The largest absolute Gasteiger partial charge is 0.290 e. The summed E-state index contributed by atoms with van der Waals surface area (Å²) in [6.45, 7) is 0. The zero-order chi connectivity index (χ0) is 17.6. The molecule has 0 amide bonds. The normalized spacial score (nSPS) is 11.2. The number of thiazole rings is 1. The lowest BCUT2D eigenvalue weighted by atomic mass is 10.3. The lowest BCUT2D eigenvalue weighted by molar-refractivity contribution is -0.396. The summed E-state index contributed by atoms with van der Waals surface area (Å²) in [7, 11) is 0. The molecule has 0 bridgehead atoms. The molecule has 0 aliphatic carbocycles. The Bertz CT molecular complexity index is 1150. The van der Waals surface area contributed by atoms with Crippen molar-refractivity contribution >= 4 is 49.7 Å². The molecule has 0 fully saturated rings. The molecule has 0 spiro atoms. The molecular weight excluding hydrogens is 366 g/mol. The molecule has 9 nitrogen and oxygen atoms in total. The number of benzene rings is 2. The maximum Gasteiger partial charge on any atom is 0.290 e. The van der Waals surface area contributed by atoms with Gasteiger partial charge in [0.2, 0.25) is 10.1 Å². The van der Waals surface area contributed by atoms with Crippen LogP contribution in [0.2, 0.25) is 0 Å². The number of nitrogens with zero attached hydrogens (tertiary/aromatic N) is 5. The van der Waals surface area contributed by atoms with E-state index in [1.54, 1.807) is 0 Å². The van der Waals surface area contributed by atoms with Crippen molar-refractivity contribution in [3.63, 3.8) is 0 Å². The number of hydrogen-bond donors (Lipinski definition) is 0. The van der Waals surface area contributed by atoms with Crippen LogP contribution in [-0.4, -0.2) is 24.4 Å². The number of rotatable bonds is 4. The quantitative estimate of drug-likeness (QED) is 0.393. The SMILES string of the molecule is O=[N+]([O-])c1ccc(Sc2nnc3sc4ccccc4n23)c([N+](=O)[O-])c1. The number of hydrogen-bond acceptors (Lipinski definition) is 8. The summed E-state index contributed by atoms with van der Waals surface area (Å²) < 4.78 is 2.84. The Balaban J connectivity index is 1.84. The molecule has 0 radical (unpaired) electrons. The summed E-state index contributed by atoms with van der Waals surface area (Å²) >= 11 is 2.51. The Labute approximate surface area is 147 Å². The first-order valence-corrected chi connectivity index (χ1v) is 8.51. The Morgan fingerprint density at radius 1 is 1.04 bits per heavy atom. The van der Waals surface area contributed by atoms with Crippen LogP contribution in [-0.2, 0) is 0 Å². The van der Waals surface area contributed by atoms with Crippen molar-refractivity contribution in [2.75, 3.05) is 0 Å².